The lowest BCUT2D eigenvalue weighted by atomic mass is 10.2. The molecule has 0 aliphatic rings. The number of carbonyl (C=O) groups is 1. The van der Waals surface area contributed by atoms with Crippen molar-refractivity contribution in [2.45, 2.75) is 6.92 Å². The van der Waals surface area contributed by atoms with E-state index in [0.29, 0.717) is 11.3 Å². The lowest BCUT2D eigenvalue weighted by Crippen LogP contribution is -2.06. The molecule has 1 N–H and O–H groups in total. The summed E-state index contributed by atoms with van der Waals surface area (Å²) in [6.45, 7) is 1.89. The van der Waals surface area contributed by atoms with Gasteiger partial charge in [-0.2, -0.15) is 5.10 Å². The van der Waals surface area contributed by atoms with Crippen molar-refractivity contribution in [2.24, 2.45) is 0 Å². The average molecular weight is 387 g/mol. The second-order valence-electron chi connectivity index (χ2n) is 5.09. The van der Waals surface area contributed by atoms with Crippen molar-refractivity contribution >= 4 is 33.3 Å². The molecule has 0 unspecified atom stereocenters. The molecular formula is C17H15BrN4O2. The molecule has 0 saturated carbocycles. The van der Waals surface area contributed by atoms with E-state index in [1.54, 1.807) is 23.1 Å². The minimum atomic E-state index is -0.420. The van der Waals surface area contributed by atoms with Crippen molar-refractivity contribution in [2.75, 3.05) is 12.4 Å². The van der Waals surface area contributed by atoms with Gasteiger partial charge in [0.05, 0.1) is 47.8 Å². The van der Waals surface area contributed by atoms with Crippen LogP contribution in [-0.4, -0.2) is 27.8 Å². The number of halogens is 1. The third-order valence-electron chi connectivity index (χ3n) is 3.47. The number of anilines is 2. The molecule has 3 aromatic rings. The monoisotopic (exact) mass is 386 g/mol. The SMILES string of the molecule is COC(=O)c1ccncc1Nc1cn(-c2cccc(Br)c2)nc1C. The molecule has 2 aromatic heterocycles. The maximum absolute atomic E-state index is 11.9. The highest BCUT2D eigenvalue weighted by Crippen LogP contribution is 2.24. The largest absolute Gasteiger partial charge is 0.465 e. The van der Waals surface area contributed by atoms with Gasteiger partial charge in [0.25, 0.3) is 0 Å². The summed E-state index contributed by atoms with van der Waals surface area (Å²) in [5.74, 6) is -0.420. The maximum atomic E-state index is 11.9. The number of nitrogens with one attached hydrogen (secondary N) is 1. The molecule has 7 heteroatoms. The second kappa shape index (κ2) is 6.84. The van der Waals surface area contributed by atoms with Crippen LogP contribution in [0.15, 0.2) is 53.4 Å². The summed E-state index contributed by atoms with van der Waals surface area (Å²) in [4.78, 5) is 15.9. The van der Waals surface area contributed by atoms with E-state index in [2.05, 4.69) is 31.3 Å². The van der Waals surface area contributed by atoms with E-state index in [1.165, 1.54) is 7.11 Å². The standard InChI is InChI=1S/C17H15BrN4O2/c1-11-16(10-22(21-11)13-5-3-4-12(18)8-13)20-15-9-19-7-6-14(15)17(23)24-2/h3-10,20H,1-2H3. The number of pyridine rings is 1. The maximum Gasteiger partial charge on any atom is 0.340 e. The van der Waals surface area contributed by atoms with Crippen molar-refractivity contribution in [3.63, 3.8) is 0 Å². The van der Waals surface area contributed by atoms with E-state index < -0.39 is 5.97 Å². The number of esters is 1. The molecule has 0 amide bonds. The number of ether oxygens (including phenoxy) is 1. The fourth-order valence-electron chi connectivity index (χ4n) is 2.26. The Labute approximate surface area is 147 Å². The minimum Gasteiger partial charge on any atom is -0.465 e. The Balaban J connectivity index is 1.94. The summed E-state index contributed by atoms with van der Waals surface area (Å²) in [6, 6.07) is 9.45. The van der Waals surface area contributed by atoms with Gasteiger partial charge in [-0.05, 0) is 31.2 Å². The number of benzene rings is 1. The summed E-state index contributed by atoms with van der Waals surface area (Å²) in [7, 11) is 1.35. The first kappa shape index (κ1) is 16.2. The number of methoxy groups -OCH3 is 1. The van der Waals surface area contributed by atoms with Gasteiger partial charge in [0.15, 0.2) is 0 Å². The number of aryl methyl sites for hydroxylation is 1. The number of aromatic nitrogens is 3. The molecule has 0 bridgehead atoms. The predicted octanol–water partition coefficient (Wildman–Crippen LogP) is 3.87. The molecule has 122 valence electrons. The zero-order valence-electron chi connectivity index (χ0n) is 13.2. The van der Waals surface area contributed by atoms with Crippen LogP contribution in [0.5, 0.6) is 0 Å². The van der Waals surface area contributed by atoms with E-state index in [-0.39, 0.29) is 0 Å². The Morgan fingerprint density at radius 2 is 2.12 bits per heavy atom. The average Bonchev–Trinajstić information content (AvgIpc) is 2.95. The van der Waals surface area contributed by atoms with Gasteiger partial charge in [-0.3, -0.25) is 4.98 Å². The Morgan fingerprint density at radius 3 is 2.88 bits per heavy atom. The van der Waals surface area contributed by atoms with E-state index in [0.717, 1.165) is 21.5 Å². The van der Waals surface area contributed by atoms with Gasteiger partial charge in [0.2, 0.25) is 0 Å². The molecule has 0 aliphatic heterocycles. The first-order valence-electron chi connectivity index (χ1n) is 7.20. The minimum absolute atomic E-state index is 0.419. The van der Waals surface area contributed by atoms with Crippen LogP contribution >= 0.6 is 15.9 Å². The van der Waals surface area contributed by atoms with Crippen LogP contribution < -0.4 is 5.32 Å². The lowest BCUT2D eigenvalue weighted by molar-refractivity contribution is 0.0602. The van der Waals surface area contributed by atoms with Gasteiger partial charge in [-0.15, -0.1) is 0 Å². The van der Waals surface area contributed by atoms with E-state index in [1.807, 2.05) is 37.4 Å². The van der Waals surface area contributed by atoms with Crippen LogP contribution in [0.1, 0.15) is 16.1 Å². The highest BCUT2D eigenvalue weighted by Gasteiger charge is 2.14. The molecule has 0 fully saturated rings. The summed E-state index contributed by atoms with van der Waals surface area (Å²) in [5.41, 5.74) is 3.51. The van der Waals surface area contributed by atoms with Gasteiger partial charge in [0.1, 0.15) is 0 Å². The molecule has 0 saturated heterocycles. The van der Waals surface area contributed by atoms with Gasteiger partial charge >= 0.3 is 5.97 Å². The highest BCUT2D eigenvalue weighted by molar-refractivity contribution is 9.10. The summed E-state index contributed by atoms with van der Waals surface area (Å²) >= 11 is 3.46. The second-order valence-corrected chi connectivity index (χ2v) is 6.01. The van der Waals surface area contributed by atoms with Crippen molar-refractivity contribution in [3.05, 3.63) is 64.7 Å². The van der Waals surface area contributed by atoms with Gasteiger partial charge in [0, 0.05) is 10.7 Å². The van der Waals surface area contributed by atoms with Crippen LogP contribution in [0.25, 0.3) is 5.69 Å². The van der Waals surface area contributed by atoms with Gasteiger partial charge < -0.3 is 10.1 Å². The molecule has 1 aromatic carbocycles. The molecule has 0 aliphatic carbocycles. The number of rotatable bonds is 4. The predicted molar refractivity (Wildman–Crippen MR) is 94.9 cm³/mol. The van der Waals surface area contributed by atoms with E-state index in [4.69, 9.17) is 4.74 Å². The van der Waals surface area contributed by atoms with Crippen molar-refractivity contribution < 1.29 is 9.53 Å². The van der Waals surface area contributed by atoms with Crippen LogP contribution in [0.4, 0.5) is 11.4 Å². The summed E-state index contributed by atoms with van der Waals surface area (Å²) < 4.78 is 7.55. The van der Waals surface area contributed by atoms with Crippen LogP contribution in [0.3, 0.4) is 0 Å². The number of hydrogen-bond donors (Lipinski definition) is 1. The number of carbonyl (C=O) groups excluding carboxylic acids is 1. The smallest absolute Gasteiger partial charge is 0.340 e. The molecule has 6 nitrogen and oxygen atoms in total. The molecule has 2 heterocycles. The zero-order chi connectivity index (χ0) is 17.1. The lowest BCUT2D eigenvalue weighted by Gasteiger charge is -2.08. The fraction of sp³-hybridized carbons (Fsp3) is 0.118. The van der Waals surface area contributed by atoms with Crippen LogP contribution in [-0.2, 0) is 4.74 Å². The molecular weight excluding hydrogens is 372 g/mol. The fourth-order valence-corrected chi connectivity index (χ4v) is 2.65. The quantitative estimate of drug-likeness (QED) is 0.689. The number of nitrogens with zero attached hydrogens (tertiary/aromatic N) is 3. The van der Waals surface area contributed by atoms with E-state index >= 15 is 0 Å². The molecule has 0 radical (unpaired) electrons. The summed E-state index contributed by atoms with van der Waals surface area (Å²) in [5, 5.41) is 7.71. The van der Waals surface area contributed by atoms with Crippen LogP contribution in [0.2, 0.25) is 0 Å². The van der Waals surface area contributed by atoms with Gasteiger partial charge in [-0.1, -0.05) is 22.0 Å². The molecule has 24 heavy (non-hydrogen) atoms. The van der Waals surface area contributed by atoms with Crippen molar-refractivity contribution in [1.29, 1.82) is 0 Å². The Kier molecular flexibility index (Phi) is 4.61. The normalized spacial score (nSPS) is 10.5. The highest BCUT2D eigenvalue weighted by atomic mass is 79.9. The Hall–Kier alpha value is -2.67. The van der Waals surface area contributed by atoms with E-state index in [9.17, 15) is 4.79 Å². The first-order chi connectivity index (χ1) is 11.6. The zero-order valence-corrected chi connectivity index (χ0v) is 14.7. The van der Waals surface area contributed by atoms with Crippen molar-refractivity contribution in [3.8, 4) is 5.69 Å². The molecule has 3 rings (SSSR count). The summed E-state index contributed by atoms with van der Waals surface area (Å²) in [6.07, 6.45) is 5.00. The Morgan fingerprint density at radius 1 is 1.29 bits per heavy atom. The topological polar surface area (TPSA) is 69.0 Å². The molecule has 0 atom stereocenters. The molecule has 0 spiro atoms. The van der Waals surface area contributed by atoms with Crippen molar-refractivity contribution in [1.82, 2.24) is 14.8 Å². The Bertz CT molecular complexity index is 892. The first-order valence-corrected chi connectivity index (χ1v) is 7.99. The van der Waals surface area contributed by atoms with Gasteiger partial charge in [-0.25, -0.2) is 9.48 Å². The third kappa shape index (κ3) is 3.30. The third-order valence-corrected chi connectivity index (χ3v) is 3.96. The number of hydrogen-bond acceptors (Lipinski definition) is 5. The van der Waals surface area contributed by atoms with Crippen LogP contribution in [0, 0.1) is 6.92 Å².